The van der Waals surface area contributed by atoms with Crippen molar-refractivity contribution in [1.82, 2.24) is 15.1 Å². The van der Waals surface area contributed by atoms with E-state index in [2.05, 4.69) is 21.2 Å². The predicted molar refractivity (Wildman–Crippen MR) is 105 cm³/mol. The quantitative estimate of drug-likeness (QED) is 0.645. The molecule has 5 heteroatoms. The van der Waals surface area contributed by atoms with Gasteiger partial charge in [0.2, 0.25) is 5.88 Å². The maximum Gasteiger partial charge on any atom is 0.238 e. The molecule has 1 aliphatic rings. The molecule has 0 N–H and O–H groups in total. The zero-order chi connectivity index (χ0) is 18.5. The fraction of sp³-hybridized carbons (Fsp3) is 0.273. The minimum atomic E-state index is 0.462. The lowest BCUT2D eigenvalue weighted by atomic mass is 10.1. The number of hydrogen-bond acceptors (Lipinski definition) is 5. The molecule has 1 saturated heterocycles. The minimum absolute atomic E-state index is 0.462. The van der Waals surface area contributed by atoms with Gasteiger partial charge < -0.3 is 9.47 Å². The summed E-state index contributed by atoms with van der Waals surface area (Å²) < 4.78 is 11.4. The normalized spacial score (nSPS) is 14.3. The van der Waals surface area contributed by atoms with E-state index in [0.29, 0.717) is 11.6 Å². The highest BCUT2D eigenvalue weighted by Crippen LogP contribution is 2.29. The molecule has 0 atom stereocenters. The molecule has 1 aliphatic heterocycles. The molecule has 3 aromatic rings. The number of likely N-dealkylation sites (tertiary alicyclic amines) is 1. The average molecular weight is 361 g/mol. The van der Waals surface area contributed by atoms with Crippen LogP contribution in [-0.2, 0) is 6.54 Å². The molecule has 5 nitrogen and oxygen atoms in total. The third kappa shape index (κ3) is 4.26. The van der Waals surface area contributed by atoms with Crippen LogP contribution in [0.2, 0.25) is 0 Å². The molecule has 138 valence electrons. The van der Waals surface area contributed by atoms with Gasteiger partial charge in [0.05, 0.1) is 12.8 Å². The monoisotopic (exact) mass is 361 g/mol. The number of hydrogen-bond donors (Lipinski definition) is 0. The van der Waals surface area contributed by atoms with E-state index in [-0.39, 0.29) is 0 Å². The number of benzene rings is 2. The summed E-state index contributed by atoms with van der Waals surface area (Å²) in [4.78, 5) is 2.45. The summed E-state index contributed by atoms with van der Waals surface area (Å²) in [5, 5.41) is 8.45. The van der Waals surface area contributed by atoms with E-state index in [4.69, 9.17) is 9.47 Å². The number of methoxy groups -OCH3 is 1. The molecule has 1 fully saturated rings. The van der Waals surface area contributed by atoms with E-state index in [0.717, 1.165) is 36.6 Å². The van der Waals surface area contributed by atoms with E-state index in [1.54, 1.807) is 7.11 Å². The highest BCUT2D eigenvalue weighted by Gasteiger charge is 2.15. The molecule has 4 rings (SSSR count). The van der Waals surface area contributed by atoms with Crippen molar-refractivity contribution in [3.63, 3.8) is 0 Å². The Morgan fingerprint density at radius 2 is 1.74 bits per heavy atom. The van der Waals surface area contributed by atoms with Crippen LogP contribution in [0.4, 0.5) is 0 Å². The molecule has 0 amide bonds. The van der Waals surface area contributed by atoms with Crippen LogP contribution in [0.5, 0.6) is 17.4 Å². The molecule has 0 unspecified atom stereocenters. The highest BCUT2D eigenvalue weighted by atomic mass is 16.5. The third-order valence-electron chi connectivity index (χ3n) is 4.78. The Kier molecular flexibility index (Phi) is 5.30. The van der Waals surface area contributed by atoms with Crippen molar-refractivity contribution in [2.24, 2.45) is 0 Å². The SMILES string of the molecule is COc1cc(Oc2ccc(-c3ccccc3)nn2)ccc1CN1CCCC1. The summed E-state index contributed by atoms with van der Waals surface area (Å²) in [6.07, 6.45) is 2.56. The zero-order valence-electron chi connectivity index (χ0n) is 15.5. The van der Waals surface area contributed by atoms with Crippen LogP contribution in [-0.4, -0.2) is 35.3 Å². The molecule has 27 heavy (non-hydrogen) atoms. The minimum Gasteiger partial charge on any atom is -0.496 e. The van der Waals surface area contributed by atoms with Crippen molar-refractivity contribution in [2.45, 2.75) is 19.4 Å². The standard InChI is InChI=1S/C22H23N3O2/c1-26-21-15-19(10-9-18(21)16-25-13-5-6-14-25)27-22-12-11-20(23-24-22)17-7-3-2-4-8-17/h2-4,7-12,15H,5-6,13-14,16H2,1H3. The molecule has 0 saturated carbocycles. The Bertz CT molecular complexity index is 876. The molecule has 1 aromatic heterocycles. The van der Waals surface area contributed by atoms with E-state index in [9.17, 15) is 0 Å². The second kappa shape index (κ2) is 8.18. The van der Waals surface area contributed by atoms with Crippen LogP contribution in [0.3, 0.4) is 0 Å². The Hall–Kier alpha value is -2.92. The Morgan fingerprint density at radius 3 is 2.44 bits per heavy atom. The first-order valence-corrected chi connectivity index (χ1v) is 9.28. The van der Waals surface area contributed by atoms with Gasteiger partial charge in [0, 0.05) is 29.8 Å². The summed E-state index contributed by atoms with van der Waals surface area (Å²) in [5.74, 6) is 2.00. The molecule has 2 aromatic carbocycles. The first-order chi connectivity index (χ1) is 13.3. The maximum absolute atomic E-state index is 5.87. The second-order valence-corrected chi connectivity index (χ2v) is 6.68. The van der Waals surface area contributed by atoms with Gasteiger partial charge in [-0.05, 0) is 38.1 Å². The lowest BCUT2D eigenvalue weighted by Gasteiger charge is -2.17. The van der Waals surface area contributed by atoms with Gasteiger partial charge in [-0.25, -0.2) is 0 Å². The van der Waals surface area contributed by atoms with Crippen molar-refractivity contribution in [3.8, 4) is 28.6 Å². The van der Waals surface area contributed by atoms with Crippen LogP contribution in [0.25, 0.3) is 11.3 Å². The lowest BCUT2D eigenvalue weighted by Crippen LogP contribution is -2.18. The fourth-order valence-corrected chi connectivity index (χ4v) is 3.36. The highest BCUT2D eigenvalue weighted by molar-refractivity contribution is 5.58. The number of rotatable bonds is 6. The van der Waals surface area contributed by atoms with Gasteiger partial charge in [0.15, 0.2) is 0 Å². The summed E-state index contributed by atoms with van der Waals surface area (Å²) in [6.45, 7) is 3.23. The number of nitrogens with zero attached hydrogens (tertiary/aromatic N) is 3. The zero-order valence-corrected chi connectivity index (χ0v) is 15.5. The number of ether oxygens (including phenoxy) is 2. The van der Waals surface area contributed by atoms with Crippen LogP contribution < -0.4 is 9.47 Å². The molecule has 0 spiro atoms. The van der Waals surface area contributed by atoms with Crippen LogP contribution in [0, 0.1) is 0 Å². The second-order valence-electron chi connectivity index (χ2n) is 6.68. The van der Waals surface area contributed by atoms with E-state index in [1.165, 1.54) is 18.4 Å². The van der Waals surface area contributed by atoms with E-state index in [1.807, 2.05) is 54.6 Å². The van der Waals surface area contributed by atoms with E-state index >= 15 is 0 Å². The number of aromatic nitrogens is 2. The predicted octanol–water partition coefficient (Wildman–Crippen LogP) is 4.54. The van der Waals surface area contributed by atoms with Gasteiger partial charge in [-0.1, -0.05) is 36.4 Å². The van der Waals surface area contributed by atoms with Gasteiger partial charge in [0.25, 0.3) is 0 Å². The largest absolute Gasteiger partial charge is 0.496 e. The van der Waals surface area contributed by atoms with Crippen LogP contribution >= 0.6 is 0 Å². The molecule has 2 heterocycles. The maximum atomic E-state index is 5.87. The van der Waals surface area contributed by atoms with Gasteiger partial charge in [-0.2, -0.15) is 0 Å². The molecule has 0 bridgehead atoms. The summed E-state index contributed by atoms with van der Waals surface area (Å²) >= 11 is 0. The summed E-state index contributed by atoms with van der Waals surface area (Å²) in [5.41, 5.74) is 3.03. The van der Waals surface area contributed by atoms with E-state index < -0.39 is 0 Å². The molecular formula is C22H23N3O2. The first-order valence-electron chi connectivity index (χ1n) is 9.28. The van der Waals surface area contributed by atoms with Crippen LogP contribution in [0.15, 0.2) is 60.7 Å². The fourth-order valence-electron chi connectivity index (χ4n) is 3.36. The van der Waals surface area contributed by atoms with Crippen molar-refractivity contribution in [2.75, 3.05) is 20.2 Å². The van der Waals surface area contributed by atoms with Gasteiger partial charge in [-0.3, -0.25) is 4.90 Å². The first kappa shape index (κ1) is 17.5. The van der Waals surface area contributed by atoms with Crippen molar-refractivity contribution >= 4 is 0 Å². The van der Waals surface area contributed by atoms with Gasteiger partial charge in [-0.15, -0.1) is 10.2 Å². The Morgan fingerprint density at radius 1 is 0.926 bits per heavy atom. The van der Waals surface area contributed by atoms with Gasteiger partial charge in [0.1, 0.15) is 11.5 Å². The summed E-state index contributed by atoms with van der Waals surface area (Å²) in [6, 6.07) is 19.7. The smallest absolute Gasteiger partial charge is 0.238 e. The summed E-state index contributed by atoms with van der Waals surface area (Å²) in [7, 11) is 1.70. The molecular weight excluding hydrogens is 338 g/mol. The van der Waals surface area contributed by atoms with Crippen LogP contribution in [0.1, 0.15) is 18.4 Å². The lowest BCUT2D eigenvalue weighted by molar-refractivity contribution is 0.320. The molecule has 0 aliphatic carbocycles. The van der Waals surface area contributed by atoms with Crippen molar-refractivity contribution in [3.05, 3.63) is 66.2 Å². The average Bonchev–Trinajstić information content (AvgIpc) is 3.23. The third-order valence-corrected chi connectivity index (χ3v) is 4.78. The van der Waals surface area contributed by atoms with Crippen molar-refractivity contribution < 1.29 is 9.47 Å². The van der Waals surface area contributed by atoms with Gasteiger partial charge >= 0.3 is 0 Å². The Balaban J connectivity index is 1.47. The molecule has 0 radical (unpaired) electrons. The van der Waals surface area contributed by atoms with Crippen molar-refractivity contribution in [1.29, 1.82) is 0 Å². The topological polar surface area (TPSA) is 47.5 Å². The Labute approximate surface area is 159 Å².